The maximum Gasteiger partial charge on any atom is 0.230 e. The molecule has 1 amide bonds. The van der Waals surface area contributed by atoms with Crippen LogP contribution in [0.15, 0.2) is 30.3 Å². The molecule has 0 radical (unpaired) electrons. The second-order valence-electron chi connectivity index (χ2n) is 8.09. The van der Waals surface area contributed by atoms with E-state index in [0.717, 1.165) is 57.8 Å². The zero-order chi connectivity index (χ0) is 17.1. The van der Waals surface area contributed by atoms with Crippen molar-refractivity contribution in [3.8, 4) is 5.75 Å². The van der Waals surface area contributed by atoms with Crippen LogP contribution in [0.3, 0.4) is 0 Å². The van der Waals surface area contributed by atoms with E-state index in [4.69, 9.17) is 4.74 Å². The average Bonchev–Trinajstić information content (AvgIpc) is 3.12. The summed E-state index contributed by atoms with van der Waals surface area (Å²) >= 11 is 0. The van der Waals surface area contributed by atoms with Crippen LogP contribution in [-0.2, 0) is 4.79 Å². The van der Waals surface area contributed by atoms with Crippen LogP contribution in [0.4, 0.5) is 0 Å². The molecule has 2 saturated heterocycles. The van der Waals surface area contributed by atoms with Gasteiger partial charge in [0.05, 0.1) is 12.0 Å². The summed E-state index contributed by atoms with van der Waals surface area (Å²) in [5, 5.41) is 3.50. The molecule has 4 rings (SSSR count). The standard InChI is InChI=1S/C21H30N2O2.ClH/c24-20(21-11-5-4-6-18(21)14-22-16-21)23-12-9-17(10-13-23)15-25-19-7-2-1-3-8-19;/h1-3,7-8,17-18,22H,4-6,9-16H2;1H/t18-,21+;/m0./s1. The SMILES string of the molecule is Cl.O=C(N1CCC(COc2ccccc2)CC1)[C@@]12CCCC[C@H]1CNC2. The second kappa shape index (κ2) is 8.62. The van der Waals surface area contributed by atoms with E-state index in [-0.39, 0.29) is 17.8 Å². The van der Waals surface area contributed by atoms with Crippen LogP contribution in [0.2, 0.25) is 0 Å². The average molecular weight is 379 g/mol. The van der Waals surface area contributed by atoms with Gasteiger partial charge in [0.1, 0.15) is 5.75 Å². The van der Waals surface area contributed by atoms with Crippen LogP contribution in [0.5, 0.6) is 5.75 Å². The Morgan fingerprint density at radius 3 is 2.69 bits per heavy atom. The van der Waals surface area contributed by atoms with Crippen LogP contribution in [-0.4, -0.2) is 43.6 Å². The third kappa shape index (κ3) is 3.86. The maximum atomic E-state index is 13.3. The minimum Gasteiger partial charge on any atom is -0.493 e. The number of fused-ring (bicyclic) bond motifs is 1. The number of nitrogens with zero attached hydrogens (tertiary/aromatic N) is 1. The van der Waals surface area contributed by atoms with Gasteiger partial charge in [0, 0.05) is 19.6 Å². The molecular weight excluding hydrogens is 348 g/mol. The third-order valence-electron chi connectivity index (χ3n) is 6.59. The molecule has 1 N–H and O–H groups in total. The predicted molar refractivity (Wildman–Crippen MR) is 106 cm³/mol. The fourth-order valence-electron chi connectivity index (χ4n) is 5.02. The summed E-state index contributed by atoms with van der Waals surface area (Å²) in [5.41, 5.74) is -0.0916. The fraction of sp³-hybridized carbons (Fsp3) is 0.667. The van der Waals surface area contributed by atoms with E-state index < -0.39 is 0 Å². The molecule has 2 heterocycles. The Morgan fingerprint density at radius 1 is 1.15 bits per heavy atom. The largest absolute Gasteiger partial charge is 0.493 e. The number of carbonyl (C=O) groups excluding carboxylic acids is 1. The van der Waals surface area contributed by atoms with Crippen molar-refractivity contribution in [2.24, 2.45) is 17.3 Å². The predicted octanol–water partition coefficient (Wildman–Crippen LogP) is 3.51. The van der Waals surface area contributed by atoms with E-state index in [0.29, 0.717) is 17.7 Å². The lowest BCUT2D eigenvalue weighted by Gasteiger charge is -2.43. The van der Waals surface area contributed by atoms with E-state index in [1.54, 1.807) is 0 Å². The Balaban J connectivity index is 0.00000196. The maximum absolute atomic E-state index is 13.3. The first-order valence-electron chi connectivity index (χ1n) is 9.96. The number of halogens is 1. The van der Waals surface area contributed by atoms with Gasteiger partial charge in [0.25, 0.3) is 0 Å². The Bertz CT molecular complexity index is 589. The molecule has 1 saturated carbocycles. The van der Waals surface area contributed by atoms with Crippen LogP contribution >= 0.6 is 12.4 Å². The summed E-state index contributed by atoms with van der Waals surface area (Å²) in [6.45, 7) is 4.49. The molecule has 3 fully saturated rings. The van der Waals surface area contributed by atoms with Gasteiger partial charge in [-0.25, -0.2) is 0 Å². The van der Waals surface area contributed by atoms with Gasteiger partial charge in [0.15, 0.2) is 0 Å². The highest BCUT2D eigenvalue weighted by molar-refractivity contribution is 5.85. The smallest absolute Gasteiger partial charge is 0.230 e. The monoisotopic (exact) mass is 378 g/mol. The number of hydrogen-bond acceptors (Lipinski definition) is 3. The molecule has 1 aliphatic carbocycles. The quantitative estimate of drug-likeness (QED) is 0.871. The van der Waals surface area contributed by atoms with Crippen LogP contribution in [0.25, 0.3) is 0 Å². The molecule has 1 aromatic rings. The number of ether oxygens (including phenoxy) is 1. The molecule has 0 bridgehead atoms. The van der Waals surface area contributed by atoms with Crippen molar-refractivity contribution in [2.45, 2.75) is 38.5 Å². The lowest BCUT2D eigenvalue weighted by Crippen LogP contribution is -2.52. The van der Waals surface area contributed by atoms with Crippen molar-refractivity contribution in [1.82, 2.24) is 10.2 Å². The first-order valence-corrected chi connectivity index (χ1v) is 9.96. The molecule has 5 heteroatoms. The summed E-state index contributed by atoms with van der Waals surface area (Å²) in [5.74, 6) is 2.50. The van der Waals surface area contributed by atoms with Gasteiger partial charge in [-0.2, -0.15) is 0 Å². The van der Waals surface area contributed by atoms with Crippen LogP contribution < -0.4 is 10.1 Å². The highest BCUT2D eigenvalue weighted by Crippen LogP contribution is 2.45. The van der Waals surface area contributed by atoms with Crippen molar-refractivity contribution in [1.29, 1.82) is 0 Å². The lowest BCUT2D eigenvalue weighted by atomic mass is 9.67. The molecule has 0 unspecified atom stereocenters. The number of nitrogens with one attached hydrogen (secondary N) is 1. The lowest BCUT2D eigenvalue weighted by molar-refractivity contribution is -0.147. The molecule has 0 spiro atoms. The second-order valence-corrected chi connectivity index (χ2v) is 8.09. The zero-order valence-corrected chi connectivity index (χ0v) is 16.3. The molecule has 1 aromatic carbocycles. The van der Waals surface area contributed by atoms with E-state index in [9.17, 15) is 4.79 Å². The molecule has 2 atom stereocenters. The van der Waals surface area contributed by atoms with Gasteiger partial charge < -0.3 is 15.0 Å². The number of amides is 1. The minimum atomic E-state index is -0.0916. The van der Waals surface area contributed by atoms with Crippen molar-refractivity contribution in [3.63, 3.8) is 0 Å². The van der Waals surface area contributed by atoms with Gasteiger partial charge >= 0.3 is 0 Å². The number of para-hydroxylation sites is 1. The Labute approximate surface area is 163 Å². The van der Waals surface area contributed by atoms with Gasteiger partial charge in [-0.3, -0.25) is 4.79 Å². The van der Waals surface area contributed by atoms with Crippen molar-refractivity contribution >= 4 is 18.3 Å². The minimum absolute atomic E-state index is 0. The topological polar surface area (TPSA) is 41.6 Å². The normalized spacial score (nSPS) is 28.9. The van der Waals surface area contributed by atoms with E-state index in [2.05, 4.69) is 10.2 Å². The molecule has 2 aliphatic heterocycles. The zero-order valence-electron chi connectivity index (χ0n) is 15.5. The fourth-order valence-corrected chi connectivity index (χ4v) is 5.02. The summed E-state index contributed by atoms with van der Waals surface area (Å²) in [7, 11) is 0. The Kier molecular flexibility index (Phi) is 6.46. The molecule has 0 aromatic heterocycles. The van der Waals surface area contributed by atoms with Gasteiger partial charge in [-0.15, -0.1) is 12.4 Å². The van der Waals surface area contributed by atoms with E-state index >= 15 is 0 Å². The number of benzene rings is 1. The third-order valence-corrected chi connectivity index (χ3v) is 6.59. The van der Waals surface area contributed by atoms with E-state index in [1.165, 1.54) is 19.3 Å². The number of rotatable bonds is 4. The summed E-state index contributed by atoms with van der Waals surface area (Å²) < 4.78 is 5.91. The molecule has 144 valence electrons. The van der Waals surface area contributed by atoms with Crippen molar-refractivity contribution in [3.05, 3.63) is 30.3 Å². The summed E-state index contributed by atoms with van der Waals surface area (Å²) in [6.07, 6.45) is 6.94. The van der Waals surface area contributed by atoms with Gasteiger partial charge in [-0.05, 0) is 56.2 Å². The highest BCUT2D eigenvalue weighted by Gasteiger charge is 2.51. The molecule has 4 nitrogen and oxygen atoms in total. The van der Waals surface area contributed by atoms with Gasteiger partial charge in [0.2, 0.25) is 5.91 Å². The number of likely N-dealkylation sites (tertiary alicyclic amines) is 1. The molecular formula is C21H31ClN2O2. The number of carbonyl (C=O) groups is 1. The number of piperidine rings is 1. The Morgan fingerprint density at radius 2 is 1.92 bits per heavy atom. The number of hydrogen-bond donors (Lipinski definition) is 1. The van der Waals surface area contributed by atoms with Crippen LogP contribution in [0.1, 0.15) is 38.5 Å². The van der Waals surface area contributed by atoms with Crippen molar-refractivity contribution in [2.75, 3.05) is 32.8 Å². The van der Waals surface area contributed by atoms with Crippen molar-refractivity contribution < 1.29 is 9.53 Å². The first kappa shape index (κ1) is 19.5. The molecule has 3 aliphatic rings. The van der Waals surface area contributed by atoms with Crippen LogP contribution in [0, 0.1) is 17.3 Å². The summed E-state index contributed by atoms with van der Waals surface area (Å²) in [4.78, 5) is 15.5. The summed E-state index contributed by atoms with van der Waals surface area (Å²) in [6, 6.07) is 10.0. The highest BCUT2D eigenvalue weighted by atomic mass is 35.5. The Hall–Kier alpha value is -1.26. The first-order chi connectivity index (χ1) is 12.3. The van der Waals surface area contributed by atoms with E-state index in [1.807, 2.05) is 30.3 Å². The van der Waals surface area contributed by atoms with Gasteiger partial charge in [-0.1, -0.05) is 31.0 Å². The molecule has 26 heavy (non-hydrogen) atoms.